The smallest absolute Gasteiger partial charge is 0.234 e. The van der Waals surface area contributed by atoms with Gasteiger partial charge in [-0.05, 0) is 24.5 Å². The lowest BCUT2D eigenvalue weighted by molar-refractivity contribution is -0.122. The largest absolute Gasteiger partial charge is 0.506 e. The Bertz CT molecular complexity index is 527. The number of carbonyl (C=O) groups excluding carboxylic acids is 1. The number of rotatable bonds is 9. The van der Waals surface area contributed by atoms with Crippen LogP contribution in [0.1, 0.15) is 39.5 Å². The monoisotopic (exact) mass is 347 g/mol. The molecule has 25 heavy (non-hydrogen) atoms. The highest BCUT2D eigenvalue weighted by molar-refractivity contribution is 5.78. The lowest BCUT2D eigenvalue weighted by atomic mass is 9.99. The summed E-state index contributed by atoms with van der Waals surface area (Å²) in [5, 5.41) is 13.1. The summed E-state index contributed by atoms with van der Waals surface area (Å²) in [7, 11) is 0. The van der Waals surface area contributed by atoms with Crippen molar-refractivity contribution in [3.8, 4) is 5.75 Å². The van der Waals surface area contributed by atoms with Crippen LogP contribution in [0.2, 0.25) is 0 Å². The van der Waals surface area contributed by atoms with E-state index in [1.807, 2.05) is 18.2 Å². The molecule has 1 aliphatic rings. The maximum atomic E-state index is 12.2. The minimum Gasteiger partial charge on any atom is -0.506 e. The van der Waals surface area contributed by atoms with Crippen LogP contribution in [0.15, 0.2) is 24.3 Å². The Morgan fingerprint density at radius 2 is 1.92 bits per heavy atom. The van der Waals surface area contributed by atoms with Crippen molar-refractivity contribution < 1.29 is 9.90 Å². The highest BCUT2D eigenvalue weighted by atomic mass is 16.3. The van der Waals surface area contributed by atoms with E-state index in [0.717, 1.165) is 44.8 Å². The highest BCUT2D eigenvalue weighted by Gasteiger charge is 2.20. The van der Waals surface area contributed by atoms with Gasteiger partial charge < -0.3 is 15.3 Å². The molecule has 1 fully saturated rings. The van der Waals surface area contributed by atoms with E-state index in [1.54, 1.807) is 6.07 Å². The fraction of sp³-hybridized carbons (Fsp3) is 0.650. The molecule has 0 radical (unpaired) electrons. The fourth-order valence-electron chi connectivity index (χ4n) is 3.34. The molecule has 0 spiro atoms. The number of benzene rings is 1. The molecule has 1 heterocycles. The van der Waals surface area contributed by atoms with Crippen molar-refractivity contribution in [3.05, 3.63) is 24.3 Å². The maximum absolute atomic E-state index is 12.2. The third-order valence-corrected chi connectivity index (χ3v) is 5.09. The van der Waals surface area contributed by atoms with Crippen molar-refractivity contribution in [2.75, 3.05) is 44.2 Å². The minimum atomic E-state index is 0.131. The molecule has 1 atom stereocenters. The summed E-state index contributed by atoms with van der Waals surface area (Å²) in [6.07, 6.45) is 4.78. The van der Waals surface area contributed by atoms with Crippen LogP contribution in [0.5, 0.6) is 5.75 Å². The molecule has 0 saturated carbocycles. The Morgan fingerprint density at radius 1 is 1.20 bits per heavy atom. The first-order valence-corrected chi connectivity index (χ1v) is 9.66. The third kappa shape index (κ3) is 6.24. The van der Waals surface area contributed by atoms with Gasteiger partial charge in [-0.1, -0.05) is 45.2 Å². The van der Waals surface area contributed by atoms with E-state index in [1.165, 1.54) is 19.3 Å². The van der Waals surface area contributed by atoms with Gasteiger partial charge in [-0.15, -0.1) is 0 Å². The summed E-state index contributed by atoms with van der Waals surface area (Å²) in [6.45, 7) is 9.03. The van der Waals surface area contributed by atoms with Crippen LogP contribution < -0.4 is 10.2 Å². The second kappa shape index (κ2) is 10.3. The summed E-state index contributed by atoms with van der Waals surface area (Å²) in [4.78, 5) is 16.6. The molecule has 0 unspecified atom stereocenters. The fourth-order valence-corrected chi connectivity index (χ4v) is 3.34. The van der Waals surface area contributed by atoms with E-state index in [2.05, 4.69) is 29.0 Å². The summed E-state index contributed by atoms with van der Waals surface area (Å²) >= 11 is 0. The molecular formula is C20H33N3O2. The van der Waals surface area contributed by atoms with Crippen molar-refractivity contribution in [3.63, 3.8) is 0 Å². The van der Waals surface area contributed by atoms with Gasteiger partial charge in [0.1, 0.15) is 5.75 Å². The Balaban J connectivity index is 1.70. The Hall–Kier alpha value is -1.75. The average molecular weight is 348 g/mol. The molecule has 2 rings (SSSR count). The van der Waals surface area contributed by atoms with Gasteiger partial charge in [0.25, 0.3) is 0 Å². The predicted octanol–water partition coefficient (Wildman–Crippen LogP) is 2.85. The lowest BCUT2D eigenvalue weighted by Gasteiger charge is -2.36. The number of aromatic hydroxyl groups is 1. The van der Waals surface area contributed by atoms with Crippen LogP contribution in [-0.4, -0.2) is 55.2 Å². The zero-order valence-electron chi connectivity index (χ0n) is 15.7. The van der Waals surface area contributed by atoms with E-state index in [0.29, 0.717) is 18.2 Å². The second-order valence-electron chi connectivity index (χ2n) is 6.97. The molecule has 0 bridgehead atoms. The molecule has 2 N–H and O–H groups in total. The molecule has 5 nitrogen and oxygen atoms in total. The normalized spacial score (nSPS) is 16.6. The Labute approximate surface area is 152 Å². The number of nitrogens with one attached hydrogen (secondary N) is 1. The van der Waals surface area contributed by atoms with Gasteiger partial charge in [0.15, 0.2) is 0 Å². The zero-order valence-corrected chi connectivity index (χ0v) is 15.7. The number of unbranched alkanes of at least 4 members (excludes halogenated alkanes) is 1. The molecule has 0 aliphatic carbocycles. The van der Waals surface area contributed by atoms with Crippen molar-refractivity contribution in [2.24, 2.45) is 5.92 Å². The number of hydrogen-bond donors (Lipinski definition) is 2. The zero-order chi connectivity index (χ0) is 18.1. The molecule has 140 valence electrons. The average Bonchev–Trinajstić information content (AvgIpc) is 2.63. The van der Waals surface area contributed by atoms with E-state index < -0.39 is 0 Å². The van der Waals surface area contributed by atoms with Crippen LogP contribution in [0, 0.1) is 5.92 Å². The highest BCUT2D eigenvalue weighted by Crippen LogP contribution is 2.27. The van der Waals surface area contributed by atoms with Crippen molar-refractivity contribution in [1.82, 2.24) is 10.2 Å². The number of phenols is 1. The number of piperazine rings is 1. The number of amides is 1. The summed E-state index contributed by atoms with van der Waals surface area (Å²) in [5.41, 5.74) is 0.883. The van der Waals surface area contributed by atoms with Crippen molar-refractivity contribution >= 4 is 11.6 Å². The second-order valence-corrected chi connectivity index (χ2v) is 6.97. The van der Waals surface area contributed by atoms with Gasteiger partial charge in [0.05, 0.1) is 12.2 Å². The van der Waals surface area contributed by atoms with Gasteiger partial charge in [0.2, 0.25) is 5.91 Å². The van der Waals surface area contributed by atoms with Crippen LogP contribution in [0.25, 0.3) is 0 Å². The number of carbonyl (C=O) groups is 1. The van der Waals surface area contributed by atoms with Gasteiger partial charge in [-0.3, -0.25) is 9.69 Å². The number of phenolic OH excluding ortho intramolecular Hbond substituents is 1. The topological polar surface area (TPSA) is 55.8 Å². The van der Waals surface area contributed by atoms with Crippen LogP contribution in [0.4, 0.5) is 5.69 Å². The molecule has 0 aromatic heterocycles. The number of hydrogen-bond acceptors (Lipinski definition) is 4. The van der Waals surface area contributed by atoms with Crippen molar-refractivity contribution in [1.29, 1.82) is 0 Å². The molecule has 1 aromatic carbocycles. The van der Waals surface area contributed by atoms with Crippen LogP contribution in [0.3, 0.4) is 0 Å². The number of anilines is 1. The molecule has 1 amide bonds. The van der Waals surface area contributed by atoms with E-state index >= 15 is 0 Å². The first kappa shape index (κ1) is 19.6. The predicted molar refractivity (Wildman–Crippen MR) is 103 cm³/mol. The first-order valence-electron chi connectivity index (χ1n) is 9.66. The number of nitrogens with zero attached hydrogens (tertiary/aromatic N) is 2. The Kier molecular flexibility index (Phi) is 8.06. The van der Waals surface area contributed by atoms with E-state index in [4.69, 9.17) is 0 Å². The quantitative estimate of drug-likeness (QED) is 0.721. The first-order chi connectivity index (χ1) is 12.1. The standard InChI is InChI=1S/C20H33N3O2/c1-3-5-8-17(4-2)15-21-20(25)16-22-11-13-23(14-12-22)18-9-6-7-10-19(18)24/h6-7,9-10,17,24H,3-5,8,11-16H2,1-2H3,(H,21,25)/t17-/m1/s1. The van der Waals surface area contributed by atoms with Gasteiger partial charge in [-0.2, -0.15) is 0 Å². The van der Waals surface area contributed by atoms with Gasteiger partial charge >= 0.3 is 0 Å². The maximum Gasteiger partial charge on any atom is 0.234 e. The van der Waals surface area contributed by atoms with Crippen LogP contribution in [-0.2, 0) is 4.79 Å². The van der Waals surface area contributed by atoms with Gasteiger partial charge in [-0.25, -0.2) is 0 Å². The third-order valence-electron chi connectivity index (χ3n) is 5.09. The van der Waals surface area contributed by atoms with Crippen LogP contribution >= 0.6 is 0 Å². The molecule has 1 aromatic rings. The molecule has 5 heteroatoms. The van der Waals surface area contributed by atoms with E-state index in [-0.39, 0.29) is 5.91 Å². The Morgan fingerprint density at radius 3 is 2.56 bits per heavy atom. The summed E-state index contributed by atoms with van der Waals surface area (Å²) in [6, 6.07) is 7.44. The minimum absolute atomic E-state index is 0.131. The summed E-state index contributed by atoms with van der Waals surface area (Å²) in [5.74, 6) is 1.05. The lowest BCUT2D eigenvalue weighted by Crippen LogP contribution is -2.49. The molecular weight excluding hydrogens is 314 g/mol. The number of para-hydroxylation sites is 2. The molecule has 1 aliphatic heterocycles. The SMILES string of the molecule is CCCC[C@@H](CC)CNC(=O)CN1CCN(c2ccccc2O)CC1. The van der Waals surface area contributed by atoms with Crippen molar-refractivity contribution in [2.45, 2.75) is 39.5 Å². The van der Waals surface area contributed by atoms with Gasteiger partial charge in [0, 0.05) is 32.7 Å². The van der Waals surface area contributed by atoms with E-state index in [9.17, 15) is 9.90 Å². The molecule has 1 saturated heterocycles. The summed E-state index contributed by atoms with van der Waals surface area (Å²) < 4.78 is 0.